The van der Waals surface area contributed by atoms with Crippen molar-refractivity contribution in [2.75, 3.05) is 6.29 Å². The number of rotatable bonds is 3. The maximum absolute atomic E-state index is 10.7. The molecule has 8 N–H and O–H groups in total. The fourth-order valence-corrected chi connectivity index (χ4v) is 1.92. The summed E-state index contributed by atoms with van der Waals surface area (Å²) in [6.45, 7) is 0. The molecule has 0 bridgehead atoms. The molecule has 20 heavy (non-hydrogen) atoms. The molecule has 116 valence electrons. The molecule has 1 rings (SSSR count). The van der Waals surface area contributed by atoms with E-state index >= 15 is 0 Å². The van der Waals surface area contributed by atoms with Crippen LogP contribution in [-0.4, -0.2) is 35.6 Å². The summed E-state index contributed by atoms with van der Waals surface area (Å²) in [6, 6.07) is 3.98. The molecule has 0 saturated carbocycles. The molecule has 0 aliphatic rings. The summed E-state index contributed by atoms with van der Waals surface area (Å²) in [5.74, 6) is 0. The zero-order valence-corrected chi connectivity index (χ0v) is 12.5. The summed E-state index contributed by atoms with van der Waals surface area (Å²) in [6.07, 6.45) is -0.562. The summed E-state index contributed by atoms with van der Waals surface area (Å²) >= 11 is 0. The van der Waals surface area contributed by atoms with Crippen molar-refractivity contribution in [3.8, 4) is 0 Å². The van der Waals surface area contributed by atoms with Gasteiger partial charge in [-0.3, -0.25) is 13.7 Å². The molecule has 0 amide bonds. The molecule has 0 aliphatic carbocycles. The Kier molecular flexibility index (Phi) is 6.93. The van der Waals surface area contributed by atoms with Crippen LogP contribution in [0.15, 0.2) is 24.3 Å². The van der Waals surface area contributed by atoms with Crippen LogP contribution in [-0.2, 0) is 13.7 Å². The van der Waals surface area contributed by atoms with E-state index in [0.717, 1.165) is 24.3 Å². The van der Waals surface area contributed by atoms with E-state index in [1.165, 1.54) is 0 Å². The Morgan fingerprint density at radius 2 is 0.950 bits per heavy atom. The van der Waals surface area contributed by atoms with Crippen LogP contribution < -0.4 is 16.3 Å². The molecule has 0 atom stereocenters. The van der Waals surface area contributed by atoms with Crippen molar-refractivity contribution in [2.45, 2.75) is 0 Å². The van der Waals surface area contributed by atoms with E-state index in [2.05, 4.69) is 5.73 Å². The Morgan fingerprint density at radius 1 is 0.750 bits per heavy atom. The van der Waals surface area contributed by atoms with E-state index in [1.54, 1.807) is 0 Å². The average Bonchev–Trinajstić information content (AvgIpc) is 2.27. The minimum absolute atomic E-state index is 0.269. The highest BCUT2D eigenvalue weighted by atomic mass is 31.2. The molecular weight excluding hydrogens is 335 g/mol. The molecule has 0 aliphatic heterocycles. The van der Waals surface area contributed by atoms with E-state index in [-0.39, 0.29) is 10.6 Å². The first-order valence-corrected chi connectivity index (χ1v) is 9.76. The minimum atomic E-state index is -4.34. The second-order valence-corrected chi connectivity index (χ2v) is 8.36. The number of hydrogen-bond acceptors (Lipinski definition) is 4. The second-order valence-electron chi connectivity index (χ2n) is 3.45. The summed E-state index contributed by atoms with van der Waals surface area (Å²) < 4.78 is 31.0. The molecule has 1 aromatic rings. The van der Waals surface area contributed by atoms with Gasteiger partial charge in [0.05, 0.1) is 16.9 Å². The lowest BCUT2D eigenvalue weighted by atomic mass is 10.4. The topological polar surface area (TPSA) is 199 Å². The van der Waals surface area contributed by atoms with Crippen molar-refractivity contribution in [1.82, 2.24) is 0 Å². The van der Waals surface area contributed by atoms with Gasteiger partial charge in [0.1, 0.15) is 0 Å². The first-order chi connectivity index (χ1) is 8.77. The Balaban J connectivity index is 0.000000511. The Morgan fingerprint density at radius 3 is 1.05 bits per heavy atom. The molecule has 10 nitrogen and oxygen atoms in total. The molecule has 13 heteroatoms. The third-order valence-corrected chi connectivity index (χ3v) is 4.18. The Hall–Kier alpha value is -0.370. The first-order valence-electron chi connectivity index (χ1n) is 4.74. The highest BCUT2D eigenvalue weighted by Gasteiger charge is 2.20. The zero-order chi connectivity index (χ0) is 16.2. The lowest BCUT2D eigenvalue weighted by Crippen LogP contribution is -2.10. The Bertz CT molecular complexity index is 527. The van der Waals surface area contributed by atoms with Gasteiger partial charge in [-0.15, -0.1) is 0 Å². The average molecular weight is 349 g/mol. The van der Waals surface area contributed by atoms with Crippen molar-refractivity contribution in [1.29, 1.82) is 0 Å². The zero-order valence-electron chi connectivity index (χ0n) is 9.84. The summed E-state index contributed by atoms with van der Waals surface area (Å²) in [5, 5.41) is -0.538. The van der Waals surface area contributed by atoms with Crippen molar-refractivity contribution < 1.29 is 43.1 Å². The standard InChI is InChI=1S/C6H8O6P2.CH6NO3P/c7-13(8,9)5-1-2-6(4-3-5)14(10,11)12;2-1-6(3,4)5/h1-4H,(H2,7,8,9)(H2,10,11,12);1-2H2,(H2,3,4,5). The smallest absolute Gasteiger partial charge is 0.324 e. The molecular formula is C7H14NO9P3. The highest BCUT2D eigenvalue weighted by molar-refractivity contribution is 7.61. The third-order valence-electron chi connectivity index (χ3n) is 1.76. The van der Waals surface area contributed by atoms with Gasteiger partial charge in [-0.05, 0) is 24.3 Å². The summed E-state index contributed by atoms with van der Waals surface area (Å²) in [7, 11) is -12.6. The van der Waals surface area contributed by atoms with Gasteiger partial charge in [-0.2, -0.15) is 0 Å². The summed E-state index contributed by atoms with van der Waals surface area (Å²) in [4.78, 5) is 50.4. The maximum Gasteiger partial charge on any atom is 0.356 e. The fraction of sp³-hybridized carbons (Fsp3) is 0.143. The summed E-state index contributed by atoms with van der Waals surface area (Å²) in [5.41, 5.74) is 4.54. The van der Waals surface area contributed by atoms with Gasteiger partial charge in [-0.25, -0.2) is 0 Å². The van der Waals surface area contributed by atoms with Gasteiger partial charge in [0.15, 0.2) is 0 Å². The highest BCUT2D eigenvalue weighted by Crippen LogP contribution is 2.35. The molecule has 0 unspecified atom stereocenters. The number of hydrogen-bond donors (Lipinski definition) is 7. The maximum atomic E-state index is 10.7. The van der Waals surface area contributed by atoms with Gasteiger partial charge in [0.2, 0.25) is 0 Å². The van der Waals surface area contributed by atoms with Gasteiger partial charge >= 0.3 is 22.8 Å². The normalized spacial score (nSPS) is 12.6. The monoisotopic (exact) mass is 349 g/mol. The lowest BCUT2D eigenvalue weighted by Gasteiger charge is -2.06. The molecule has 0 radical (unpaired) electrons. The van der Waals surface area contributed by atoms with Gasteiger partial charge in [-0.1, -0.05) is 0 Å². The SMILES string of the molecule is NCP(=O)(O)O.O=P(O)(O)c1ccc(P(=O)(O)O)cc1. The lowest BCUT2D eigenvalue weighted by molar-refractivity contribution is 0.373. The van der Waals surface area contributed by atoms with Crippen molar-refractivity contribution >= 4 is 33.4 Å². The Labute approximate surface area is 113 Å². The van der Waals surface area contributed by atoms with Crippen LogP contribution in [0.5, 0.6) is 0 Å². The fourth-order valence-electron chi connectivity index (χ4n) is 0.841. The molecule has 0 heterocycles. The van der Waals surface area contributed by atoms with Crippen molar-refractivity contribution in [3.05, 3.63) is 24.3 Å². The van der Waals surface area contributed by atoms with E-state index in [4.69, 9.17) is 29.4 Å². The molecule has 1 aromatic carbocycles. The van der Waals surface area contributed by atoms with Crippen LogP contribution in [0, 0.1) is 0 Å². The van der Waals surface area contributed by atoms with Gasteiger partial charge < -0.3 is 35.1 Å². The molecule has 0 saturated heterocycles. The molecule has 0 spiro atoms. The van der Waals surface area contributed by atoms with Crippen LogP contribution in [0.4, 0.5) is 0 Å². The van der Waals surface area contributed by atoms with Crippen molar-refractivity contribution in [2.24, 2.45) is 5.73 Å². The third kappa shape index (κ3) is 8.04. The van der Waals surface area contributed by atoms with Crippen LogP contribution in [0.2, 0.25) is 0 Å². The number of benzene rings is 1. The predicted molar refractivity (Wildman–Crippen MR) is 70.9 cm³/mol. The van der Waals surface area contributed by atoms with Crippen LogP contribution in [0.25, 0.3) is 0 Å². The minimum Gasteiger partial charge on any atom is -0.324 e. The molecule has 0 fully saturated rings. The van der Waals surface area contributed by atoms with Crippen LogP contribution >= 0.6 is 22.8 Å². The quantitative estimate of drug-likeness (QED) is 0.311. The predicted octanol–water partition coefficient (Wildman–Crippen LogP) is -1.63. The van der Waals surface area contributed by atoms with Crippen LogP contribution in [0.3, 0.4) is 0 Å². The van der Waals surface area contributed by atoms with E-state index in [1.807, 2.05) is 0 Å². The molecule has 0 aromatic heterocycles. The van der Waals surface area contributed by atoms with Crippen LogP contribution in [0.1, 0.15) is 0 Å². The van der Waals surface area contributed by atoms with E-state index in [9.17, 15) is 13.7 Å². The first kappa shape index (κ1) is 19.6. The second kappa shape index (κ2) is 7.06. The van der Waals surface area contributed by atoms with Crippen molar-refractivity contribution in [3.63, 3.8) is 0 Å². The number of nitrogens with two attached hydrogens (primary N) is 1. The largest absolute Gasteiger partial charge is 0.356 e. The van der Waals surface area contributed by atoms with E-state index < -0.39 is 29.1 Å². The van der Waals surface area contributed by atoms with Gasteiger partial charge in [0, 0.05) is 0 Å². The van der Waals surface area contributed by atoms with Gasteiger partial charge in [0.25, 0.3) is 0 Å². The van der Waals surface area contributed by atoms with E-state index in [0.29, 0.717) is 0 Å².